The van der Waals surface area contributed by atoms with E-state index in [0.717, 1.165) is 30.7 Å². The maximum absolute atomic E-state index is 5.96. The highest BCUT2D eigenvalue weighted by Gasteiger charge is 2.08. The van der Waals surface area contributed by atoms with E-state index in [0.29, 0.717) is 0 Å². The number of aromatic nitrogens is 3. The molecule has 90 valence electrons. The lowest BCUT2D eigenvalue weighted by Crippen LogP contribution is -1.88. The van der Waals surface area contributed by atoms with E-state index in [4.69, 9.17) is 5.73 Å². The molecule has 0 saturated carbocycles. The van der Waals surface area contributed by atoms with Crippen LogP contribution in [0, 0.1) is 6.92 Å². The predicted molar refractivity (Wildman–Crippen MR) is 74.9 cm³/mol. The van der Waals surface area contributed by atoms with Crippen molar-refractivity contribution in [3.05, 3.63) is 35.6 Å². The van der Waals surface area contributed by atoms with Gasteiger partial charge in [0.1, 0.15) is 5.01 Å². The highest BCUT2D eigenvalue weighted by molar-refractivity contribution is 8.01. The molecule has 0 amide bonds. The van der Waals surface area contributed by atoms with Crippen LogP contribution in [0.15, 0.2) is 39.8 Å². The van der Waals surface area contributed by atoms with E-state index >= 15 is 0 Å². The van der Waals surface area contributed by atoms with Crippen molar-refractivity contribution in [3.8, 4) is 0 Å². The first kappa shape index (κ1) is 11.4. The van der Waals surface area contributed by atoms with Crippen LogP contribution in [-0.4, -0.2) is 15.2 Å². The van der Waals surface area contributed by atoms with Crippen LogP contribution in [0.4, 0.5) is 5.69 Å². The summed E-state index contributed by atoms with van der Waals surface area (Å²) in [4.78, 5) is 5.26. The lowest BCUT2D eigenvalue weighted by Gasteiger charge is -2.05. The Morgan fingerprint density at radius 2 is 2.06 bits per heavy atom. The largest absolute Gasteiger partial charge is 0.398 e. The molecule has 6 heteroatoms. The van der Waals surface area contributed by atoms with E-state index in [9.17, 15) is 0 Å². The molecule has 2 heterocycles. The molecule has 18 heavy (non-hydrogen) atoms. The maximum atomic E-state index is 5.96. The molecule has 0 aliphatic rings. The number of hydrogen-bond acceptors (Lipinski definition) is 6. The van der Waals surface area contributed by atoms with Gasteiger partial charge in [-0.15, -0.1) is 10.2 Å². The first-order valence-electron chi connectivity index (χ1n) is 5.34. The van der Waals surface area contributed by atoms with Crippen molar-refractivity contribution in [2.75, 3.05) is 5.73 Å². The van der Waals surface area contributed by atoms with Gasteiger partial charge in [0.15, 0.2) is 4.34 Å². The Morgan fingerprint density at radius 1 is 1.17 bits per heavy atom. The summed E-state index contributed by atoms with van der Waals surface area (Å²) >= 11 is 3.18. The van der Waals surface area contributed by atoms with E-state index in [1.807, 2.05) is 31.3 Å². The minimum Gasteiger partial charge on any atom is -0.398 e. The third-order valence-electron chi connectivity index (χ3n) is 2.52. The van der Waals surface area contributed by atoms with Crippen LogP contribution in [0.1, 0.15) is 5.01 Å². The van der Waals surface area contributed by atoms with Gasteiger partial charge < -0.3 is 5.73 Å². The molecule has 2 N–H and O–H groups in total. The van der Waals surface area contributed by atoms with Crippen LogP contribution >= 0.6 is 23.1 Å². The van der Waals surface area contributed by atoms with Crippen LogP contribution in [0.25, 0.3) is 10.8 Å². The lowest BCUT2D eigenvalue weighted by atomic mass is 10.1. The van der Waals surface area contributed by atoms with Gasteiger partial charge in [-0.3, -0.25) is 4.98 Å². The van der Waals surface area contributed by atoms with Gasteiger partial charge in [-0.1, -0.05) is 23.1 Å². The highest BCUT2D eigenvalue weighted by Crippen LogP contribution is 2.36. The molecular formula is C12H10N4S2. The quantitative estimate of drug-likeness (QED) is 0.727. The fourth-order valence-electron chi connectivity index (χ4n) is 1.69. The second-order valence-electron chi connectivity index (χ2n) is 3.76. The normalized spacial score (nSPS) is 10.9. The second kappa shape index (κ2) is 4.55. The van der Waals surface area contributed by atoms with Gasteiger partial charge in [-0.25, -0.2) is 0 Å². The fourth-order valence-corrected chi connectivity index (χ4v) is 3.58. The van der Waals surface area contributed by atoms with Crippen molar-refractivity contribution >= 4 is 39.6 Å². The van der Waals surface area contributed by atoms with Crippen molar-refractivity contribution in [1.82, 2.24) is 15.2 Å². The molecule has 0 spiro atoms. The standard InChI is InChI=1S/C12H10N4S2/c1-7-15-16-12(17-7)18-11-3-2-10(13)8-4-5-14-6-9(8)11/h2-6H,13H2,1H3. The third-order valence-corrected chi connectivity index (χ3v) is 4.48. The van der Waals surface area contributed by atoms with E-state index in [1.165, 1.54) is 0 Å². The summed E-state index contributed by atoms with van der Waals surface area (Å²) < 4.78 is 0.933. The summed E-state index contributed by atoms with van der Waals surface area (Å²) in [5.41, 5.74) is 6.73. The molecule has 0 unspecified atom stereocenters. The van der Waals surface area contributed by atoms with Crippen molar-refractivity contribution < 1.29 is 0 Å². The molecule has 1 aromatic carbocycles. The number of rotatable bonds is 2. The van der Waals surface area contributed by atoms with Crippen LogP contribution in [0.2, 0.25) is 0 Å². The van der Waals surface area contributed by atoms with Crippen LogP contribution in [-0.2, 0) is 0 Å². The molecule has 0 radical (unpaired) electrons. The fraction of sp³-hybridized carbons (Fsp3) is 0.0833. The summed E-state index contributed by atoms with van der Waals surface area (Å²) in [6.07, 6.45) is 3.59. The summed E-state index contributed by atoms with van der Waals surface area (Å²) in [5, 5.41) is 11.2. The minimum atomic E-state index is 0.769. The molecule has 3 rings (SSSR count). The molecular weight excluding hydrogens is 264 g/mol. The zero-order valence-corrected chi connectivity index (χ0v) is 11.3. The number of anilines is 1. The Bertz CT molecular complexity index is 708. The van der Waals surface area contributed by atoms with E-state index in [-0.39, 0.29) is 0 Å². The topological polar surface area (TPSA) is 64.7 Å². The zero-order chi connectivity index (χ0) is 12.5. The van der Waals surface area contributed by atoms with Gasteiger partial charge >= 0.3 is 0 Å². The van der Waals surface area contributed by atoms with Gasteiger partial charge in [0.25, 0.3) is 0 Å². The molecule has 0 aliphatic heterocycles. The number of fused-ring (bicyclic) bond motifs is 1. The zero-order valence-electron chi connectivity index (χ0n) is 9.62. The number of nitrogen functional groups attached to an aromatic ring is 1. The van der Waals surface area contributed by atoms with Crippen molar-refractivity contribution in [3.63, 3.8) is 0 Å². The van der Waals surface area contributed by atoms with Gasteiger partial charge in [0, 0.05) is 33.7 Å². The Kier molecular flexibility index (Phi) is 2.89. The summed E-state index contributed by atoms with van der Waals surface area (Å²) in [6.45, 7) is 1.95. The van der Waals surface area contributed by atoms with Gasteiger partial charge in [0.05, 0.1) is 0 Å². The second-order valence-corrected chi connectivity index (χ2v) is 6.23. The Hall–Kier alpha value is -1.66. The average Bonchev–Trinajstić information content (AvgIpc) is 2.79. The number of nitrogens with zero attached hydrogens (tertiary/aromatic N) is 3. The van der Waals surface area contributed by atoms with Crippen LogP contribution < -0.4 is 5.73 Å². The predicted octanol–water partition coefficient (Wildman–Crippen LogP) is 3.13. The van der Waals surface area contributed by atoms with E-state index in [2.05, 4.69) is 15.2 Å². The van der Waals surface area contributed by atoms with Crippen molar-refractivity contribution in [2.24, 2.45) is 0 Å². The lowest BCUT2D eigenvalue weighted by molar-refractivity contribution is 0.984. The van der Waals surface area contributed by atoms with Crippen molar-refractivity contribution in [1.29, 1.82) is 0 Å². The average molecular weight is 274 g/mol. The van der Waals surface area contributed by atoms with E-state index in [1.54, 1.807) is 29.3 Å². The molecule has 3 aromatic rings. The maximum Gasteiger partial charge on any atom is 0.179 e. The number of hydrogen-bond donors (Lipinski definition) is 1. The van der Waals surface area contributed by atoms with E-state index < -0.39 is 0 Å². The first-order valence-corrected chi connectivity index (χ1v) is 6.97. The number of benzene rings is 1. The van der Waals surface area contributed by atoms with Gasteiger partial charge in [-0.2, -0.15) is 0 Å². The Labute approximate surface area is 112 Å². The van der Waals surface area contributed by atoms with Crippen molar-refractivity contribution in [2.45, 2.75) is 16.2 Å². The highest BCUT2D eigenvalue weighted by atomic mass is 32.2. The molecule has 2 aromatic heterocycles. The molecule has 0 fully saturated rings. The number of pyridine rings is 1. The monoisotopic (exact) mass is 274 g/mol. The molecule has 0 atom stereocenters. The Morgan fingerprint density at radius 3 is 2.83 bits per heavy atom. The molecule has 0 saturated heterocycles. The van der Waals surface area contributed by atoms with Crippen LogP contribution in [0.5, 0.6) is 0 Å². The summed E-state index contributed by atoms with van der Waals surface area (Å²) in [6, 6.07) is 5.85. The first-order chi connectivity index (χ1) is 8.74. The summed E-state index contributed by atoms with van der Waals surface area (Å²) in [7, 11) is 0. The number of aryl methyl sites for hydroxylation is 1. The number of nitrogens with two attached hydrogens (primary N) is 1. The van der Waals surface area contributed by atoms with Crippen LogP contribution in [0.3, 0.4) is 0 Å². The molecule has 0 bridgehead atoms. The van der Waals surface area contributed by atoms with Gasteiger partial charge in [0.2, 0.25) is 0 Å². The summed E-state index contributed by atoms with van der Waals surface area (Å²) in [5.74, 6) is 0. The third kappa shape index (κ3) is 2.04. The minimum absolute atomic E-state index is 0.769. The smallest absolute Gasteiger partial charge is 0.179 e. The SMILES string of the molecule is Cc1nnc(Sc2ccc(N)c3ccncc23)s1. The van der Waals surface area contributed by atoms with Gasteiger partial charge in [-0.05, 0) is 25.1 Å². The Balaban J connectivity index is 2.09. The molecule has 0 aliphatic carbocycles. The molecule has 4 nitrogen and oxygen atoms in total.